The van der Waals surface area contributed by atoms with Gasteiger partial charge in [0.1, 0.15) is 23.5 Å². The summed E-state index contributed by atoms with van der Waals surface area (Å²) in [7, 11) is 0. The van der Waals surface area contributed by atoms with E-state index in [1.807, 2.05) is 20.8 Å². The number of aromatic nitrogens is 2. The van der Waals surface area contributed by atoms with Crippen molar-refractivity contribution < 1.29 is 33.3 Å². The maximum Gasteiger partial charge on any atom is 0.338 e. The van der Waals surface area contributed by atoms with E-state index in [4.69, 9.17) is 42.3 Å². The maximum atomic E-state index is 13.7. The normalized spacial score (nSPS) is 20.0. The van der Waals surface area contributed by atoms with E-state index in [-0.39, 0.29) is 34.5 Å². The van der Waals surface area contributed by atoms with E-state index in [0.717, 1.165) is 16.7 Å². The molecule has 1 saturated heterocycles. The average molecular weight is 670 g/mol. The van der Waals surface area contributed by atoms with Crippen molar-refractivity contribution in [2.45, 2.75) is 51.6 Å². The number of nitrogens with two attached hydrogens (primary N) is 1. The van der Waals surface area contributed by atoms with Crippen molar-refractivity contribution in [3.05, 3.63) is 124 Å². The third-order valence-corrected chi connectivity index (χ3v) is 8.18. The van der Waals surface area contributed by atoms with E-state index >= 15 is 0 Å². The van der Waals surface area contributed by atoms with Crippen LogP contribution < -0.4 is 11.1 Å². The van der Waals surface area contributed by atoms with Gasteiger partial charge in [-0.1, -0.05) is 65.3 Å². The largest absolute Gasteiger partial charge is 0.459 e. The fraction of sp³-hybridized carbons (Fsp3) is 0.257. The molecule has 1 aromatic heterocycles. The van der Waals surface area contributed by atoms with Gasteiger partial charge in [0, 0.05) is 0 Å². The second kappa shape index (κ2) is 14.2. The molecule has 0 amide bonds. The van der Waals surface area contributed by atoms with Gasteiger partial charge >= 0.3 is 17.9 Å². The van der Waals surface area contributed by atoms with Gasteiger partial charge in [-0.3, -0.25) is 5.41 Å². The van der Waals surface area contributed by atoms with Crippen LogP contribution in [0.2, 0.25) is 0 Å². The summed E-state index contributed by atoms with van der Waals surface area (Å²) in [6.45, 7) is 6.88. The molecule has 1 fully saturated rings. The smallest absolute Gasteiger partial charge is 0.338 e. The Kier molecular flexibility index (Phi) is 10.0. The van der Waals surface area contributed by atoms with E-state index in [1.54, 1.807) is 79.7 Å². The summed E-state index contributed by atoms with van der Waals surface area (Å²) in [6, 6.07) is 20.4. The van der Waals surface area contributed by atoms with Gasteiger partial charge in [0.05, 0.1) is 28.6 Å². The van der Waals surface area contributed by atoms with Crippen molar-refractivity contribution in [2.24, 2.45) is 5.73 Å². The van der Waals surface area contributed by atoms with Crippen LogP contribution in [0.1, 0.15) is 72.3 Å². The van der Waals surface area contributed by atoms with Crippen LogP contribution >= 0.6 is 12.2 Å². The molecule has 0 spiro atoms. The highest BCUT2D eigenvalue weighted by Crippen LogP contribution is 2.46. The first kappa shape index (κ1) is 33.9. The maximum absolute atomic E-state index is 13.7. The van der Waals surface area contributed by atoms with Crippen LogP contribution in [0.5, 0.6) is 0 Å². The van der Waals surface area contributed by atoms with Gasteiger partial charge in [0.25, 0.3) is 0 Å². The number of guanidine groups is 1. The quantitative estimate of drug-likeness (QED) is 0.0642. The van der Waals surface area contributed by atoms with Gasteiger partial charge in [-0.25, -0.2) is 19.4 Å². The first-order valence-corrected chi connectivity index (χ1v) is 15.4. The van der Waals surface area contributed by atoms with Gasteiger partial charge in [-0.2, -0.15) is 0 Å². The van der Waals surface area contributed by atoms with Crippen molar-refractivity contribution >= 4 is 41.1 Å². The van der Waals surface area contributed by atoms with Crippen molar-refractivity contribution in [2.75, 3.05) is 6.61 Å². The zero-order valence-corrected chi connectivity index (χ0v) is 27.6. The van der Waals surface area contributed by atoms with Crippen LogP contribution in [0.15, 0.2) is 79.0 Å². The minimum atomic E-state index is -1.71. The Balaban J connectivity index is 1.53. The van der Waals surface area contributed by atoms with Gasteiger partial charge in [-0.05, 0) is 64.1 Å². The lowest BCUT2D eigenvalue weighted by molar-refractivity contribution is -0.0903. The van der Waals surface area contributed by atoms with Crippen LogP contribution in [0.3, 0.4) is 0 Å². The summed E-state index contributed by atoms with van der Waals surface area (Å²) in [5.74, 6) is -2.24. The molecule has 0 radical (unpaired) electrons. The predicted molar refractivity (Wildman–Crippen MR) is 180 cm³/mol. The molecule has 5 N–H and O–H groups in total. The number of thiocarbonyl (C=S) groups is 1. The number of H-pyrrole nitrogens is 1. The van der Waals surface area contributed by atoms with Gasteiger partial charge in [0.2, 0.25) is 0 Å². The zero-order valence-electron chi connectivity index (χ0n) is 26.7. The third-order valence-electron chi connectivity index (χ3n) is 7.86. The van der Waals surface area contributed by atoms with Crippen LogP contribution in [-0.4, -0.2) is 63.2 Å². The number of nitrogens with one attached hydrogen (secondary N) is 3. The molecule has 248 valence electrons. The minimum Gasteiger partial charge on any atom is -0.459 e. The number of ether oxygens (including phenoxy) is 4. The second-order valence-corrected chi connectivity index (χ2v) is 12.1. The number of nitrogens with zero attached hydrogens (tertiary/aromatic N) is 1. The van der Waals surface area contributed by atoms with Crippen molar-refractivity contribution in [3.8, 4) is 0 Å². The van der Waals surface area contributed by atoms with Crippen LogP contribution in [-0.2, 0) is 18.9 Å². The molecular weight excluding hydrogens is 634 g/mol. The Labute approximate surface area is 282 Å². The molecule has 3 aromatic carbocycles. The zero-order chi connectivity index (χ0) is 34.6. The number of benzene rings is 3. The molecule has 13 heteroatoms. The fourth-order valence-corrected chi connectivity index (χ4v) is 5.41. The number of imidazole rings is 1. The molecule has 4 atom stereocenters. The number of hydrogen-bond acceptors (Lipinski definition) is 10. The summed E-state index contributed by atoms with van der Waals surface area (Å²) in [5, 5.41) is 10.0. The first-order valence-electron chi connectivity index (χ1n) is 15.0. The number of esters is 3. The molecule has 5 rings (SSSR count). The highest BCUT2D eigenvalue weighted by molar-refractivity contribution is 7.80. The Hall–Kier alpha value is -5.40. The van der Waals surface area contributed by atoms with Crippen LogP contribution in [0.4, 0.5) is 0 Å². The molecular formula is C35H35N5O7S. The summed E-state index contributed by atoms with van der Waals surface area (Å²) in [6.07, 6.45) is -2.16. The number of carbonyl (C=O) groups is 3. The van der Waals surface area contributed by atoms with E-state index in [0.29, 0.717) is 11.3 Å². The van der Waals surface area contributed by atoms with Crippen molar-refractivity contribution in [3.63, 3.8) is 0 Å². The molecule has 1 aliphatic heterocycles. The third kappa shape index (κ3) is 7.59. The lowest BCUT2D eigenvalue weighted by Crippen LogP contribution is -2.49. The first-order chi connectivity index (χ1) is 22.8. The number of aromatic amines is 1. The molecule has 0 bridgehead atoms. The fourth-order valence-electron chi connectivity index (χ4n) is 5.19. The van der Waals surface area contributed by atoms with Gasteiger partial charge in [0.15, 0.2) is 23.8 Å². The number of hydrogen-bond donors (Lipinski definition) is 4. The molecule has 48 heavy (non-hydrogen) atoms. The molecule has 12 nitrogen and oxygen atoms in total. The van der Waals surface area contributed by atoms with E-state index in [2.05, 4.69) is 15.3 Å². The monoisotopic (exact) mass is 669 g/mol. The minimum absolute atomic E-state index is 0.0866. The second-order valence-electron chi connectivity index (χ2n) is 11.7. The Morgan fingerprint density at radius 3 is 1.92 bits per heavy atom. The predicted octanol–water partition coefficient (Wildman–Crippen LogP) is 4.63. The Morgan fingerprint density at radius 1 is 0.896 bits per heavy atom. The molecule has 0 aliphatic carbocycles. The van der Waals surface area contributed by atoms with E-state index in [1.165, 1.54) is 6.20 Å². The summed E-state index contributed by atoms with van der Waals surface area (Å²) in [4.78, 5) is 47.8. The summed E-state index contributed by atoms with van der Waals surface area (Å²) >= 11 is 5.32. The molecule has 2 heterocycles. The van der Waals surface area contributed by atoms with E-state index < -0.39 is 41.8 Å². The van der Waals surface area contributed by atoms with E-state index in [9.17, 15) is 14.4 Å². The lowest BCUT2D eigenvalue weighted by atomic mass is 9.91. The average Bonchev–Trinajstić information content (AvgIpc) is 3.63. The number of rotatable bonds is 9. The molecule has 1 aliphatic rings. The highest BCUT2D eigenvalue weighted by atomic mass is 32.1. The van der Waals surface area contributed by atoms with Crippen molar-refractivity contribution in [1.82, 2.24) is 15.3 Å². The summed E-state index contributed by atoms with van der Waals surface area (Å²) < 4.78 is 24.3. The topological polar surface area (TPSA) is 179 Å². The van der Waals surface area contributed by atoms with Gasteiger partial charge in [-0.15, -0.1) is 0 Å². The highest BCUT2D eigenvalue weighted by Gasteiger charge is 2.61. The summed E-state index contributed by atoms with van der Waals surface area (Å²) in [5.41, 5.74) is 7.72. The van der Waals surface area contributed by atoms with Crippen molar-refractivity contribution in [1.29, 1.82) is 5.41 Å². The Morgan fingerprint density at radius 2 is 1.40 bits per heavy atom. The number of carbonyl (C=O) groups excluding carboxylic acids is 3. The number of aryl methyl sites for hydroxylation is 3. The SMILES string of the molecule is Cc1ccc(C(=O)OC[C@H]2O[C@@H](c3ncc(C(=S)NC(=N)N)[nH]3)[C@](C)(OC(=O)c3ccc(C)cc3)[C@@H]2OC(=O)c2ccc(C)cc2)cc1. The standard InChI is InChI=1S/C35H35N5O7S/c1-19-5-11-22(12-6-19)31(41)44-18-26-27(46-32(42)23-13-7-20(2)8-14-23)35(4,47-33(43)24-15-9-21(3)10-16-24)28(45-26)29-38-17-25(39-29)30(48)40-34(36)37/h5-17,26-28H,18H2,1-4H3,(H,38,39)(H4,36,37,40,48)/t26-,27-,28+,35-/m1/s1. The molecule has 4 aromatic rings. The van der Waals surface area contributed by atoms with Crippen LogP contribution in [0, 0.1) is 26.2 Å². The van der Waals surface area contributed by atoms with Gasteiger partial charge < -0.3 is 35.0 Å². The Bertz CT molecular complexity index is 1840. The lowest BCUT2D eigenvalue weighted by Gasteiger charge is -2.33. The van der Waals surface area contributed by atoms with Crippen LogP contribution in [0.25, 0.3) is 0 Å². The molecule has 0 saturated carbocycles. The molecule has 0 unspecified atom stereocenters.